The van der Waals surface area contributed by atoms with Crippen molar-refractivity contribution in [1.82, 2.24) is 4.98 Å². The largest absolute Gasteiger partial charge is 0.319 e. The number of pyridine rings is 1. The van der Waals surface area contributed by atoms with Crippen LogP contribution in [0.25, 0.3) is 0 Å². The number of aromatic nitrogens is 1. The second kappa shape index (κ2) is 4.91. The lowest BCUT2D eigenvalue weighted by atomic mass is 10.2. The van der Waals surface area contributed by atoms with E-state index in [0.717, 1.165) is 18.2 Å². The van der Waals surface area contributed by atoms with Gasteiger partial charge in [0.25, 0.3) is 5.91 Å². The summed E-state index contributed by atoms with van der Waals surface area (Å²) in [6.07, 6.45) is 1.48. The predicted molar refractivity (Wildman–Crippen MR) is 63.3 cm³/mol. The monoisotopic (exact) mass is 248 g/mol. The smallest absolute Gasteiger partial charge is 0.255 e. The van der Waals surface area contributed by atoms with E-state index in [1.807, 2.05) is 0 Å². The molecule has 5 heteroatoms. The minimum atomic E-state index is -0.685. The highest BCUT2D eigenvalue weighted by atomic mass is 19.1. The molecule has 92 valence electrons. The standard InChI is InChI=1S/C13H10F2N2O/c1-8-6-9(4-5-16-8)13(18)17-12-7-10(14)2-3-11(12)15/h2-7H,1H3,(H,17,18). The van der Waals surface area contributed by atoms with Gasteiger partial charge < -0.3 is 5.32 Å². The lowest BCUT2D eigenvalue weighted by molar-refractivity contribution is 0.102. The first-order valence-corrected chi connectivity index (χ1v) is 5.25. The minimum absolute atomic E-state index is 0.186. The molecular weight excluding hydrogens is 238 g/mol. The number of carbonyl (C=O) groups is 1. The molecule has 0 radical (unpaired) electrons. The Kier molecular flexibility index (Phi) is 3.32. The Balaban J connectivity index is 2.24. The molecule has 0 aliphatic heterocycles. The average molecular weight is 248 g/mol. The third-order valence-corrected chi connectivity index (χ3v) is 2.34. The molecule has 0 aliphatic carbocycles. The van der Waals surface area contributed by atoms with Gasteiger partial charge in [0.15, 0.2) is 0 Å². The number of hydrogen-bond acceptors (Lipinski definition) is 2. The second-order valence-electron chi connectivity index (χ2n) is 3.76. The highest BCUT2D eigenvalue weighted by Gasteiger charge is 2.10. The predicted octanol–water partition coefficient (Wildman–Crippen LogP) is 2.92. The first-order valence-electron chi connectivity index (χ1n) is 5.25. The zero-order chi connectivity index (χ0) is 13.1. The van der Waals surface area contributed by atoms with Crippen molar-refractivity contribution in [2.45, 2.75) is 6.92 Å². The number of halogens is 2. The van der Waals surface area contributed by atoms with Gasteiger partial charge >= 0.3 is 0 Å². The van der Waals surface area contributed by atoms with Crippen molar-refractivity contribution in [2.75, 3.05) is 5.32 Å². The average Bonchev–Trinajstić information content (AvgIpc) is 2.34. The molecule has 0 saturated carbocycles. The molecule has 2 aromatic rings. The number of hydrogen-bond donors (Lipinski definition) is 1. The van der Waals surface area contributed by atoms with Crippen molar-refractivity contribution >= 4 is 11.6 Å². The van der Waals surface area contributed by atoms with Crippen LogP contribution in [0.1, 0.15) is 16.1 Å². The van der Waals surface area contributed by atoms with Crippen LogP contribution in [0.5, 0.6) is 0 Å². The number of rotatable bonds is 2. The first kappa shape index (κ1) is 12.2. The van der Waals surface area contributed by atoms with Gasteiger partial charge in [-0.3, -0.25) is 9.78 Å². The van der Waals surface area contributed by atoms with E-state index >= 15 is 0 Å². The van der Waals surface area contributed by atoms with Crippen LogP contribution in [-0.4, -0.2) is 10.9 Å². The van der Waals surface area contributed by atoms with Gasteiger partial charge in [0.1, 0.15) is 11.6 Å². The second-order valence-corrected chi connectivity index (χ2v) is 3.76. The Morgan fingerprint density at radius 1 is 1.22 bits per heavy atom. The van der Waals surface area contributed by atoms with E-state index < -0.39 is 17.5 Å². The molecule has 1 aromatic carbocycles. The summed E-state index contributed by atoms with van der Waals surface area (Å²) < 4.78 is 26.3. The zero-order valence-electron chi connectivity index (χ0n) is 9.58. The van der Waals surface area contributed by atoms with Gasteiger partial charge in [0.2, 0.25) is 0 Å². The molecule has 1 N–H and O–H groups in total. The Bertz CT molecular complexity index is 599. The van der Waals surface area contributed by atoms with Crippen LogP contribution in [0.2, 0.25) is 0 Å². The molecule has 1 aromatic heterocycles. The third-order valence-electron chi connectivity index (χ3n) is 2.34. The summed E-state index contributed by atoms with van der Waals surface area (Å²) in [5.41, 5.74) is 0.822. The molecule has 0 fully saturated rings. The summed E-state index contributed by atoms with van der Waals surface area (Å²) >= 11 is 0. The van der Waals surface area contributed by atoms with Gasteiger partial charge in [-0.2, -0.15) is 0 Å². The van der Waals surface area contributed by atoms with E-state index in [1.165, 1.54) is 12.3 Å². The summed E-state index contributed by atoms with van der Waals surface area (Å²) in [6, 6.07) is 5.94. The summed E-state index contributed by atoms with van der Waals surface area (Å²) in [5.74, 6) is -1.81. The molecule has 0 unspecified atom stereocenters. The highest BCUT2D eigenvalue weighted by molar-refractivity contribution is 6.04. The van der Waals surface area contributed by atoms with E-state index in [1.54, 1.807) is 13.0 Å². The Morgan fingerprint density at radius 2 is 2.00 bits per heavy atom. The summed E-state index contributed by atoms with van der Waals surface area (Å²) in [7, 11) is 0. The number of carbonyl (C=O) groups excluding carboxylic acids is 1. The fourth-order valence-corrected chi connectivity index (χ4v) is 1.47. The molecule has 0 spiro atoms. The molecule has 1 amide bonds. The molecule has 1 heterocycles. The Labute approximate surface area is 102 Å². The van der Waals surface area contributed by atoms with Crippen molar-refractivity contribution in [1.29, 1.82) is 0 Å². The molecule has 18 heavy (non-hydrogen) atoms. The molecule has 0 aliphatic rings. The number of aryl methyl sites for hydroxylation is 1. The van der Waals surface area contributed by atoms with Crippen molar-refractivity contribution in [2.24, 2.45) is 0 Å². The lowest BCUT2D eigenvalue weighted by Gasteiger charge is -2.06. The Hall–Kier alpha value is -2.30. The SMILES string of the molecule is Cc1cc(C(=O)Nc2cc(F)ccc2F)ccn1. The number of nitrogens with zero attached hydrogens (tertiary/aromatic N) is 1. The van der Waals surface area contributed by atoms with Crippen LogP contribution in [0.15, 0.2) is 36.5 Å². The maximum absolute atomic E-state index is 13.3. The van der Waals surface area contributed by atoms with Gasteiger partial charge in [-0.05, 0) is 31.2 Å². The van der Waals surface area contributed by atoms with Crippen LogP contribution in [0, 0.1) is 18.6 Å². The molecule has 3 nitrogen and oxygen atoms in total. The molecular formula is C13H10F2N2O. The van der Waals surface area contributed by atoms with Crippen LogP contribution in [-0.2, 0) is 0 Å². The van der Waals surface area contributed by atoms with E-state index in [-0.39, 0.29) is 5.69 Å². The van der Waals surface area contributed by atoms with Gasteiger partial charge in [0.05, 0.1) is 5.69 Å². The van der Waals surface area contributed by atoms with E-state index in [4.69, 9.17) is 0 Å². The molecule has 2 rings (SSSR count). The number of nitrogens with one attached hydrogen (secondary N) is 1. The lowest BCUT2D eigenvalue weighted by Crippen LogP contribution is -2.13. The highest BCUT2D eigenvalue weighted by Crippen LogP contribution is 2.16. The third kappa shape index (κ3) is 2.68. The molecule has 0 saturated heterocycles. The maximum Gasteiger partial charge on any atom is 0.255 e. The normalized spacial score (nSPS) is 10.2. The van der Waals surface area contributed by atoms with Crippen LogP contribution >= 0.6 is 0 Å². The van der Waals surface area contributed by atoms with E-state index in [2.05, 4.69) is 10.3 Å². The zero-order valence-corrected chi connectivity index (χ0v) is 9.58. The van der Waals surface area contributed by atoms with Crippen LogP contribution < -0.4 is 5.32 Å². The van der Waals surface area contributed by atoms with Crippen molar-refractivity contribution in [3.8, 4) is 0 Å². The van der Waals surface area contributed by atoms with E-state index in [9.17, 15) is 13.6 Å². The van der Waals surface area contributed by atoms with E-state index in [0.29, 0.717) is 11.3 Å². The van der Waals surface area contributed by atoms with Gasteiger partial charge in [-0.15, -0.1) is 0 Å². The first-order chi connectivity index (χ1) is 8.56. The minimum Gasteiger partial charge on any atom is -0.319 e. The number of amides is 1. The van der Waals surface area contributed by atoms with Gasteiger partial charge in [-0.25, -0.2) is 8.78 Å². The summed E-state index contributed by atoms with van der Waals surface area (Å²) in [5, 5.41) is 2.31. The van der Waals surface area contributed by atoms with Gasteiger partial charge in [-0.1, -0.05) is 0 Å². The topological polar surface area (TPSA) is 42.0 Å². The van der Waals surface area contributed by atoms with Crippen molar-refractivity contribution < 1.29 is 13.6 Å². The summed E-state index contributed by atoms with van der Waals surface area (Å²) in [6.45, 7) is 1.74. The van der Waals surface area contributed by atoms with Crippen molar-refractivity contribution in [3.63, 3.8) is 0 Å². The summed E-state index contributed by atoms with van der Waals surface area (Å²) in [4.78, 5) is 15.7. The molecule has 0 atom stereocenters. The number of benzene rings is 1. The van der Waals surface area contributed by atoms with Gasteiger partial charge in [0, 0.05) is 23.5 Å². The Morgan fingerprint density at radius 3 is 2.72 bits per heavy atom. The van der Waals surface area contributed by atoms with Crippen molar-refractivity contribution in [3.05, 3.63) is 59.4 Å². The molecule has 0 bridgehead atoms. The maximum atomic E-state index is 13.3. The quantitative estimate of drug-likeness (QED) is 0.887. The number of anilines is 1. The van der Waals surface area contributed by atoms with Crippen LogP contribution in [0.4, 0.5) is 14.5 Å². The fraction of sp³-hybridized carbons (Fsp3) is 0.0769. The fourth-order valence-electron chi connectivity index (χ4n) is 1.47. The van der Waals surface area contributed by atoms with Crippen LogP contribution in [0.3, 0.4) is 0 Å².